The maximum Gasteiger partial charge on any atom is 0.160 e. The van der Waals surface area contributed by atoms with Gasteiger partial charge in [-0.2, -0.15) is 0 Å². The zero-order chi connectivity index (χ0) is 43.6. The van der Waals surface area contributed by atoms with Gasteiger partial charge in [-0.3, -0.25) is 0 Å². The zero-order valence-electron chi connectivity index (χ0n) is 35.9. The summed E-state index contributed by atoms with van der Waals surface area (Å²) in [7, 11) is 0. The monoisotopic (exact) mass is 840 g/mol. The molecule has 0 saturated heterocycles. The zero-order valence-corrected chi connectivity index (χ0v) is 35.9. The minimum absolute atomic E-state index is 0.505. The lowest BCUT2D eigenvalue weighted by atomic mass is 9.67. The number of hydrogen-bond acceptors (Lipinski definition) is 3. The maximum atomic E-state index is 6.10. The van der Waals surface area contributed by atoms with Gasteiger partial charge in [0.05, 0.1) is 16.8 Å². The van der Waals surface area contributed by atoms with E-state index in [4.69, 9.17) is 14.4 Å². The lowest BCUT2D eigenvalue weighted by Gasteiger charge is -2.33. The van der Waals surface area contributed by atoms with Crippen LogP contribution < -0.4 is 0 Å². The second kappa shape index (κ2) is 15.3. The third-order valence-corrected chi connectivity index (χ3v) is 13.6. The molecular weight excluding hydrogens is 801 g/mol. The molecule has 3 nitrogen and oxygen atoms in total. The third-order valence-electron chi connectivity index (χ3n) is 13.6. The fourth-order valence-corrected chi connectivity index (χ4v) is 10.5. The first-order valence-corrected chi connectivity index (χ1v) is 22.5. The Labute approximate surface area is 383 Å². The van der Waals surface area contributed by atoms with Crippen LogP contribution in [0.1, 0.15) is 22.3 Å². The van der Waals surface area contributed by atoms with Crippen molar-refractivity contribution in [1.82, 2.24) is 9.97 Å². The number of aromatic nitrogens is 2. The third kappa shape index (κ3) is 6.05. The molecule has 0 aliphatic heterocycles. The summed E-state index contributed by atoms with van der Waals surface area (Å²) in [4.78, 5) is 10.6. The summed E-state index contributed by atoms with van der Waals surface area (Å²) in [6, 6.07) is 87.1. The van der Waals surface area contributed by atoms with Crippen molar-refractivity contribution in [3.8, 4) is 67.3 Å². The highest BCUT2D eigenvalue weighted by atomic mass is 16.3. The fraction of sp³-hybridized carbons (Fsp3) is 0.0159. The second-order valence-corrected chi connectivity index (χ2v) is 17.2. The minimum Gasteiger partial charge on any atom is -0.456 e. The van der Waals surface area contributed by atoms with E-state index in [1.807, 2.05) is 18.2 Å². The molecule has 66 heavy (non-hydrogen) atoms. The first-order chi connectivity index (χ1) is 32.7. The summed E-state index contributed by atoms with van der Waals surface area (Å²) in [5.41, 5.74) is 18.3. The largest absolute Gasteiger partial charge is 0.456 e. The van der Waals surface area contributed by atoms with Crippen molar-refractivity contribution in [2.75, 3.05) is 0 Å². The predicted molar refractivity (Wildman–Crippen MR) is 271 cm³/mol. The number of rotatable bonds is 7. The van der Waals surface area contributed by atoms with Gasteiger partial charge in [-0.05, 0) is 103 Å². The van der Waals surface area contributed by atoms with Crippen LogP contribution in [0.15, 0.2) is 247 Å². The Morgan fingerprint density at radius 2 is 0.848 bits per heavy atom. The smallest absolute Gasteiger partial charge is 0.160 e. The Morgan fingerprint density at radius 3 is 1.59 bits per heavy atom. The summed E-state index contributed by atoms with van der Waals surface area (Å²) in [5, 5.41) is 4.68. The van der Waals surface area contributed by atoms with Crippen LogP contribution in [-0.2, 0) is 5.41 Å². The van der Waals surface area contributed by atoms with Crippen LogP contribution in [0.4, 0.5) is 0 Å². The second-order valence-electron chi connectivity index (χ2n) is 17.2. The highest BCUT2D eigenvalue weighted by Gasteiger charge is 2.46. The molecule has 2 heterocycles. The Morgan fingerprint density at radius 1 is 0.318 bits per heavy atom. The molecule has 0 bridgehead atoms. The van der Waals surface area contributed by atoms with Crippen LogP contribution in [0, 0.1) is 0 Å². The average Bonchev–Trinajstić information content (AvgIpc) is 3.93. The van der Waals surface area contributed by atoms with Crippen molar-refractivity contribution in [2.45, 2.75) is 5.41 Å². The van der Waals surface area contributed by atoms with Crippen LogP contribution >= 0.6 is 0 Å². The topological polar surface area (TPSA) is 38.9 Å². The molecular formula is C63H40N2O. The molecule has 2 aromatic heterocycles. The van der Waals surface area contributed by atoms with Crippen LogP contribution in [-0.4, -0.2) is 9.97 Å². The van der Waals surface area contributed by atoms with E-state index in [2.05, 4.69) is 224 Å². The van der Waals surface area contributed by atoms with Crippen LogP contribution in [0.3, 0.4) is 0 Å². The van der Waals surface area contributed by atoms with Crippen LogP contribution in [0.5, 0.6) is 0 Å². The standard InChI is InChI=1S/C63H40N2O/c1-4-15-43(16-5-1)62-64-57(40-58(65-62)53-23-14-25-56-61(53)52-22-10-12-24-55(52)63(56,49-17-6-2-7-18-49)50-19-8-3-9-20-50)42-29-27-41(28-30-42)44-31-32-46-38-47(34-33-45(46)37-44)48-35-36-60-54(39-48)51-21-11-13-26-59(51)66-60/h1-40H. The molecule has 3 heteroatoms. The van der Waals surface area contributed by atoms with E-state index in [0.29, 0.717) is 5.82 Å². The number of hydrogen-bond donors (Lipinski definition) is 0. The summed E-state index contributed by atoms with van der Waals surface area (Å²) in [6.07, 6.45) is 0. The molecule has 0 saturated carbocycles. The van der Waals surface area contributed by atoms with Gasteiger partial charge in [0.1, 0.15) is 11.2 Å². The van der Waals surface area contributed by atoms with Crippen LogP contribution in [0.2, 0.25) is 0 Å². The number of fused-ring (bicyclic) bond motifs is 7. The van der Waals surface area contributed by atoms with E-state index in [1.54, 1.807) is 0 Å². The lowest BCUT2D eigenvalue weighted by molar-refractivity contribution is 0.669. The summed E-state index contributed by atoms with van der Waals surface area (Å²) in [6.45, 7) is 0. The Bertz CT molecular complexity index is 3760. The van der Waals surface area contributed by atoms with Crippen molar-refractivity contribution in [3.05, 3.63) is 265 Å². The predicted octanol–water partition coefficient (Wildman–Crippen LogP) is 16.2. The minimum atomic E-state index is -0.505. The first kappa shape index (κ1) is 37.9. The van der Waals surface area contributed by atoms with E-state index < -0.39 is 5.41 Å². The summed E-state index contributed by atoms with van der Waals surface area (Å²) < 4.78 is 6.10. The Hall–Kier alpha value is -8.66. The fourth-order valence-electron chi connectivity index (χ4n) is 10.5. The molecule has 308 valence electrons. The molecule has 13 rings (SSSR count). The van der Waals surface area contributed by atoms with Gasteiger partial charge in [-0.15, -0.1) is 0 Å². The van der Waals surface area contributed by atoms with Gasteiger partial charge in [0.2, 0.25) is 0 Å². The first-order valence-electron chi connectivity index (χ1n) is 22.5. The molecule has 12 aromatic rings. The number of furan rings is 1. The summed E-state index contributed by atoms with van der Waals surface area (Å²) >= 11 is 0. The van der Waals surface area contributed by atoms with E-state index in [9.17, 15) is 0 Å². The number of para-hydroxylation sites is 1. The molecule has 0 unspecified atom stereocenters. The van der Waals surface area contributed by atoms with Gasteiger partial charge in [-0.25, -0.2) is 9.97 Å². The van der Waals surface area contributed by atoms with Gasteiger partial charge < -0.3 is 4.42 Å². The van der Waals surface area contributed by atoms with E-state index in [-0.39, 0.29) is 0 Å². The normalized spacial score (nSPS) is 12.7. The van der Waals surface area contributed by atoms with Crippen molar-refractivity contribution in [3.63, 3.8) is 0 Å². The molecule has 0 radical (unpaired) electrons. The van der Waals surface area contributed by atoms with Gasteiger partial charge in [0.15, 0.2) is 5.82 Å². The van der Waals surface area contributed by atoms with Crippen molar-refractivity contribution < 1.29 is 4.42 Å². The molecule has 0 amide bonds. The number of benzene rings is 10. The van der Waals surface area contributed by atoms with Gasteiger partial charge in [0.25, 0.3) is 0 Å². The summed E-state index contributed by atoms with van der Waals surface area (Å²) in [5.74, 6) is 0.695. The van der Waals surface area contributed by atoms with Crippen LogP contribution in [0.25, 0.3) is 100.0 Å². The van der Waals surface area contributed by atoms with Crippen molar-refractivity contribution >= 4 is 32.7 Å². The molecule has 0 spiro atoms. The van der Waals surface area contributed by atoms with E-state index >= 15 is 0 Å². The molecule has 10 aromatic carbocycles. The molecule has 0 N–H and O–H groups in total. The van der Waals surface area contributed by atoms with Gasteiger partial charge >= 0.3 is 0 Å². The van der Waals surface area contributed by atoms with E-state index in [0.717, 1.165) is 55.6 Å². The van der Waals surface area contributed by atoms with Crippen molar-refractivity contribution in [2.24, 2.45) is 0 Å². The molecule has 1 aliphatic carbocycles. The quantitative estimate of drug-likeness (QED) is 0.160. The SMILES string of the molecule is c1ccc(-c2nc(-c3ccc(-c4ccc5cc(-c6ccc7oc8ccccc8c7c6)ccc5c4)cc3)cc(-c3cccc4c3-c3ccccc3C4(c3ccccc3)c3ccccc3)n2)cc1. The maximum absolute atomic E-state index is 6.10. The Balaban J connectivity index is 0.892. The lowest BCUT2D eigenvalue weighted by Crippen LogP contribution is -2.28. The molecule has 0 atom stereocenters. The van der Waals surface area contributed by atoms with Gasteiger partial charge in [-0.1, -0.05) is 206 Å². The van der Waals surface area contributed by atoms with Crippen molar-refractivity contribution in [1.29, 1.82) is 0 Å². The highest BCUT2D eigenvalue weighted by Crippen LogP contribution is 2.58. The van der Waals surface area contributed by atoms with E-state index in [1.165, 1.54) is 60.8 Å². The van der Waals surface area contributed by atoms with Gasteiger partial charge in [0, 0.05) is 27.5 Å². The highest BCUT2D eigenvalue weighted by molar-refractivity contribution is 6.06. The molecule has 0 fully saturated rings. The Kier molecular flexibility index (Phi) is 8.75. The molecule has 1 aliphatic rings. The average molecular weight is 841 g/mol. The number of nitrogens with zero attached hydrogens (tertiary/aromatic N) is 2.